The Bertz CT molecular complexity index is 680. The number of carbonyl (C=O) groups is 1. The molecule has 1 amide bonds. The average Bonchev–Trinajstić information content (AvgIpc) is 2.64. The summed E-state index contributed by atoms with van der Waals surface area (Å²) in [5.41, 5.74) is 1.15. The quantitative estimate of drug-likeness (QED) is 0.841. The van der Waals surface area contributed by atoms with Crippen molar-refractivity contribution in [2.24, 2.45) is 0 Å². The fourth-order valence-corrected chi connectivity index (χ4v) is 2.89. The van der Waals surface area contributed by atoms with Crippen molar-refractivity contribution >= 4 is 17.5 Å². The minimum absolute atomic E-state index is 0.0627. The summed E-state index contributed by atoms with van der Waals surface area (Å²) in [6, 6.07) is 11.6. The Labute approximate surface area is 148 Å². The van der Waals surface area contributed by atoms with Crippen LogP contribution in [0.5, 0.6) is 5.75 Å². The molecule has 0 spiro atoms. The summed E-state index contributed by atoms with van der Waals surface area (Å²) in [5.74, 6) is 1.58. The van der Waals surface area contributed by atoms with Gasteiger partial charge < -0.3 is 15.4 Å². The summed E-state index contributed by atoms with van der Waals surface area (Å²) in [6.45, 7) is 1.94. The third-order valence-corrected chi connectivity index (χ3v) is 4.28. The number of hydrogen-bond donors (Lipinski definition) is 2. The molecule has 25 heavy (non-hydrogen) atoms. The largest absolute Gasteiger partial charge is 0.484 e. The molecule has 2 N–H and O–H groups in total. The van der Waals surface area contributed by atoms with Gasteiger partial charge in [-0.15, -0.1) is 10.2 Å². The van der Waals surface area contributed by atoms with Crippen molar-refractivity contribution in [3.63, 3.8) is 0 Å². The molecule has 2 aromatic rings. The van der Waals surface area contributed by atoms with E-state index in [9.17, 15) is 4.79 Å². The molecule has 1 saturated carbocycles. The molecule has 1 aromatic heterocycles. The van der Waals surface area contributed by atoms with E-state index in [1.165, 1.54) is 32.1 Å². The molecule has 1 heterocycles. The summed E-state index contributed by atoms with van der Waals surface area (Å²) in [4.78, 5) is 11.9. The second kappa shape index (κ2) is 8.46. The normalized spacial score (nSPS) is 14.8. The highest BCUT2D eigenvalue weighted by atomic mass is 16.5. The minimum Gasteiger partial charge on any atom is -0.484 e. The maximum Gasteiger partial charge on any atom is 0.263 e. The Morgan fingerprint density at radius 2 is 1.72 bits per heavy atom. The first-order valence-corrected chi connectivity index (χ1v) is 8.78. The first-order valence-electron chi connectivity index (χ1n) is 8.78. The van der Waals surface area contributed by atoms with Crippen molar-refractivity contribution in [3.8, 4) is 5.75 Å². The smallest absolute Gasteiger partial charge is 0.263 e. The van der Waals surface area contributed by atoms with Gasteiger partial charge in [0.2, 0.25) is 0 Å². The number of anilines is 2. The van der Waals surface area contributed by atoms with Gasteiger partial charge in [-0.25, -0.2) is 0 Å². The highest BCUT2D eigenvalue weighted by Crippen LogP contribution is 2.20. The maximum absolute atomic E-state index is 11.9. The lowest BCUT2D eigenvalue weighted by Crippen LogP contribution is -2.23. The van der Waals surface area contributed by atoms with Crippen LogP contribution in [-0.2, 0) is 4.79 Å². The molecule has 0 bridgehead atoms. The van der Waals surface area contributed by atoms with Gasteiger partial charge in [0.15, 0.2) is 12.4 Å². The molecule has 1 aliphatic carbocycles. The van der Waals surface area contributed by atoms with Crippen LogP contribution in [0.4, 0.5) is 11.6 Å². The van der Waals surface area contributed by atoms with Crippen LogP contribution >= 0.6 is 0 Å². The SMILES string of the molecule is Cc1ccc(OCC(=O)Nc2ccc(NC3CCCCC3)nn2)cc1. The van der Waals surface area contributed by atoms with Crippen LogP contribution < -0.4 is 15.4 Å². The average molecular weight is 340 g/mol. The van der Waals surface area contributed by atoms with Gasteiger partial charge in [0, 0.05) is 6.04 Å². The molecule has 6 nitrogen and oxygen atoms in total. The fourth-order valence-electron chi connectivity index (χ4n) is 2.89. The first kappa shape index (κ1) is 17.2. The zero-order valence-corrected chi connectivity index (χ0v) is 14.5. The predicted molar refractivity (Wildman–Crippen MR) is 97.8 cm³/mol. The molecule has 1 fully saturated rings. The van der Waals surface area contributed by atoms with E-state index in [0.717, 1.165) is 11.4 Å². The molecule has 3 rings (SSSR count). The van der Waals surface area contributed by atoms with Crippen molar-refractivity contribution in [2.45, 2.75) is 45.1 Å². The third-order valence-electron chi connectivity index (χ3n) is 4.28. The van der Waals surface area contributed by atoms with Gasteiger partial charge in [0.25, 0.3) is 5.91 Å². The van der Waals surface area contributed by atoms with Crippen molar-refractivity contribution in [3.05, 3.63) is 42.0 Å². The molecular formula is C19H24N4O2. The number of aromatic nitrogens is 2. The van der Waals surface area contributed by atoms with Crippen LogP contribution in [-0.4, -0.2) is 28.8 Å². The van der Waals surface area contributed by atoms with Crippen molar-refractivity contribution in [2.75, 3.05) is 17.2 Å². The number of nitrogens with one attached hydrogen (secondary N) is 2. The van der Waals surface area contributed by atoms with Gasteiger partial charge in [-0.1, -0.05) is 37.0 Å². The van der Waals surface area contributed by atoms with Crippen molar-refractivity contribution in [1.29, 1.82) is 0 Å². The Kier molecular flexibility index (Phi) is 5.82. The second-order valence-corrected chi connectivity index (χ2v) is 6.43. The van der Waals surface area contributed by atoms with Crippen LogP contribution in [0.1, 0.15) is 37.7 Å². The number of benzene rings is 1. The lowest BCUT2D eigenvalue weighted by Gasteiger charge is -2.22. The van der Waals surface area contributed by atoms with Crippen LogP contribution in [0.25, 0.3) is 0 Å². The van der Waals surface area contributed by atoms with Crippen LogP contribution in [0, 0.1) is 6.92 Å². The molecule has 132 valence electrons. The maximum atomic E-state index is 11.9. The summed E-state index contributed by atoms with van der Waals surface area (Å²) in [5, 5.41) is 14.3. The number of nitrogens with zero attached hydrogens (tertiary/aromatic N) is 2. The zero-order chi connectivity index (χ0) is 17.5. The van der Waals surface area contributed by atoms with E-state index in [4.69, 9.17) is 4.74 Å². The van der Waals surface area contributed by atoms with Gasteiger partial charge >= 0.3 is 0 Å². The van der Waals surface area contributed by atoms with Crippen molar-refractivity contribution in [1.82, 2.24) is 10.2 Å². The Morgan fingerprint density at radius 1 is 1.04 bits per heavy atom. The Balaban J connectivity index is 1.45. The van der Waals surface area contributed by atoms with Gasteiger partial charge in [0.1, 0.15) is 11.6 Å². The number of rotatable bonds is 6. The Morgan fingerprint density at radius 3 is 2.40 bits per heavy atom. The highest BCUT2D eigenvalue weighted by Gasteiger charge is 2.13. The zero-order valence-electron chi connectivity index (χ0n) is 14.5. The molecule has 0 unspecified atom stereocenters. The summed E-state index contributed by atoms with van der Waals surface area (Å²) < 4.78 is 5.45. The van der Waals surface area contributed by atoms with Gasteiger partial charge in [-0.3, -0.25) is 4.79 Å². The summed E-state index contributed by atoms with van der Waals surface area (Å²) in [6.07, 6.45) is 6.20. The van der Waals surface area contributed by atoms with E-state index in [2.05, 4.69) is 20.8 Å². The molecule has 1 aromatic carbocycles. The molecule has 0 atom stereocenters. The van der Waals surface area contributed by atoms with Crippen LogP contribution in [0.3, 0.4) is 0 Å². The predicted octanol–water partition coefficient (Wildman–Crippen LogP) is 3.55. The summed E-state index contributed by atoms with van der Waals surface area (Å²) >= 11 is 0. The highest BCUT2D eigenvalue weighted by molar-refractivity contribution is 5.90. The minimum atomic E-state index is -0.261. The van der Waals surface area contributed by atoms with E-state index in [0.29, 0.717) is 17.6 Å². The molecule has 1 aliphatic rings. The molecule has 6 heteroatoms. The molecule has 0 aliphatic heterocycles. The van der Waals surface area contributed by atoms with E-state index in [1.807, 2.05) is 37.3 Å². The lowest BCUT2D eigenvalue weighted by atomic mass is 9.95. The van der Waals surface area contributed by atoms with Crippen LogP contribution in [0.15, 0.2) is 36.4 Å². The summed E-state index contributed by atoms with van der Waals surface area (Å²) in [7, 11) is 0. The third kappa shape index (κ3) is 5.45. The van der Waals surface area contributed by atoms with Crippen molar-refractivity contribution < 1.29 is 9.53 Å². The number of ether oxygens (including phenoxy) is 1. The molecule has 0 radical (unpaired) electrons. The van der Waals surface area contributed by atoms with Crippen LogP contribution in [0.2, 0.25) is 0 Å². The van der Waals surface area contributed by atoms with Gasteiger partial charge in [-0.2, -0.15) is 0 Å². The first-order chi connectivity index (χ1) is 12.2. The lowest BCUT2D eigenvalue weighted by molar-refractivity contribution is -0.118. The fraction of sp³-hybridized carbons (Fsp3) is 0.421. The van der Waals surface area contributed by atoms with E-state index in [1.54, 1.807) is 6.07 Å². The van der Waals surface area contributed by atoms with E-state index in [-0.39, 0.29) is 12.5 Å². The number of carbonyl (C=O) groups excluding carboxylic acids is 1. The standard InChI is InChI=1S/C19H24N4O2/c1-14-7-9-16(10-8-14)25-13-19(24)21-18-12-11-17(22-23-18)20-15-5-3-2-4-6-15/h7-12,15H,2-6,13H2,1H3,(H,20,22)(H,21,23,24). The molecular weight excluding hydrogens is 316 g/mol. The monoisotopic (exact) mass is 340 g/mol. The topological polar surface area (TPSA) is 76.1 Å². The van der Waals surface area contributed by atoms with Gasteiger partial charge in [-0.05, 0) is 44.0 Å². The Hall–Kier alpha value is -2.63. The van der Waals surface area contributed by atoms with Gasteiger partial charge in [0.05, 0.1) is 0 Å². The number of hydrogen-bond acceptors (Lipinski definition) is 5. The number of aryl methyl sites for hydroxylation is 1. The van der Waals surface area contributed by atoms with E-state index < -0.39 is 0 Å². The number of amides is 1. The molecule has 0 saturated heterocycles. The van der Waals surface area contributed by atoms with E-state index >= 15 is 0 Å². The second-order valence-electron chi connectivity index (χ2n) is 6.43.